The molecule has 2 aromatic rings. The first-order valence-electron chi connectivity index (χ1n) is 10.2. The van der Waals surface area contributed by atoms with Crippen LogP contribution in [-0.4, -0.2) is 22.6 Å². The van der Waals surface area contributed by atoms with Gasteiger partial charge in [0.2, 0.25) is 0 Å². The van der Waals surface area contributed by atoms with Gasteiger partial charge < -0.3 is 4.74 Å². The molecule has 0 unspecified atom stereocenters. The topological polar surface area (TPSA) is 29.3 Å². The highest BCUT2D eigenvalue weighted by Crippen LogP contribution is 2.44. The molecular weight excluding hydrogens is 346 g/mol. The number of hydrogen-bond acceptors (Lipinski definition) is 2. The molecule has 0 N–H and O–H groups in total. The zero-order valence-corrected chi connectivity index (χ0v) is 17.2. The molecule has 0 radical (unpaired) electrons. The Labute approximate surface area is 169 Å². The number of rotatable bonds is 8. The summed E-state index contributed by atoms with van der Waals surface area (Å²) in [4.78, 5) is 14.3. The summed E-state index contributed by atoms with van der Waals surface area (Å²) in [5.74, 6) is 0. The van der Waals surface area contributed by atoms with E-state index in [-0.39, 0.29) is 17.7 Å². The van der Waals surface area contributed by atoms with Crippen LogP contribution in [-0.2, 0) is 17.8 Å². The SMILES string of the molecule is CC(=CCCc1ccccc1)CC[C@H]1N(C(=O)OCc2ccccc2)C1(C)C. The number of hydrogen-bond donors (Lipinski definition) is 0. The molecule has 0 aliphatic carbocycles. The van der Waals surface area contributed by atoms with Gasteiger partial charge in [0.05, 0.1) is 11.6 Å². The Balaban J connectivity index is 1.42. The van der Waals surface area contributed by atoms with Crippen molar-refractivity contribution < 1.29 is 9.53 Å². The summed E-state index contributed by atoms with van der Waals surface area (Å²) in [5, 5.41) is 0. The monoisotopic (exact) mass is 377 g/mol. The molecule has 0 aromatic heterocycles. The lowest BCUT2D eigenvalue weighted by atomic mass is 10.0. The summed E-state index contributed by atoms with van der Waals surface area (Å²) < 4.78 is 5.51. The van der Waals surface area contributed by atoms with Gasteiger partial charge in [0.25, 0.3) is 0 Å². The number of carbonyl (C=O) groups excluding carboxylic acids is 1. The van der Waals surface area contributed by atoms with Crippen LogP contribution in [0.1, 0.15) is 51.2 Å². The maximum Gasteiger partial charge on any atom is 0.410 e. The molecule has 28 heavy (non-hydrogen) atoms. The summed E-state index contributed by atoms with van der Waals surface area (Å²) >= 11 is 0. The second kappa shape index (κ2) is 9.09. The van der Waals surface area contributed by atoms with E-state index in [0.29, 0.717) is 6.61 Å². The molecule has 1 saturated heterocycles. The highest BCUT2D eigenvalue weighted by Gasteiger charge is 2.58. The average molecular weight is 378 g/mol. The van der Waals surface area contributed by atoms with Crippen LogP contribution in [0.5, 0.6) is 0 Å². The van der Waals surface area contributed by atoms with Crippen LogP contribution in [0.4, 0.5) is 4.79 Å². The molecular formula is C25H31NO2. The first kappa shape index (κ1) is 20.2. The molecule has 148 valence electrons. The minimum atomic E-state index is -0.204. The van der Waals surface area contributed by atoms with Gasteiger partial charge in [0, 0.05) is 0 Å². The molecule has 1 atom stereocenters. The first-order valence-corrected chi connectivity index (χ1v) is 10.2. The normalized spacial score (nSPS) is 18.0. The minimum Gasteiger partial charge on any atom is -0.445 e. The Hall–Kier alpha value is -2.55. The van der Waals surface area contributed by atoms with E-state index in [2.05, 4.69) is 57.2 Å². The van der Waals surface area contributed by atoms with Crippen LogP contribution in [0.3, 0.4) is 0 Å². The Morgan fingerprint density at radius 1 is 1.04 bits per heavy atom. The quantitative estimate of drug-likeness (QED) is 0.408. The molecule has 2 aromatic carbocycles. The average Bonchev–Trinajstić information content (AvgIpc) is 3.26. The van der Waals surface area contributed by atoms with Crippen LogP contribution in [0.25, 0.3) is 0 Å². The van der Waals surface area contributed by atoms with Gasteiger partial charge in [-0.2, -0.15) is 0 Å². The number of carbonyl (C=O) groups is 1. The van der Waals surface area contributed by atoms with Gasteiger partial charge in [-0.3, -0.25) is 4.90 Å². The van der Waals surface area contributed by atoms with Crippen molar-refractivity contribution in [1.82, 2.24) is 4.90 Å². The molecule has 0 spiro atoms. The van der Waals surface area contributed by atoms with Gasteiger partial charge in [-0.1, -0.05) is 72.3 Å². The Kier molecular flexibility index (Phi) is 6.56. The number of amides is 1. The van der Waals surface area contributed by atoms with Crippen molar-refractivity contribution in [3.63, 3.8) is 0 Å². The number of aryl methyl sites for hydroxylation is 1. The fourth-order valence-electron chi connectivity index (χ4n) is 3.80. The third-order valence-electron chi connectivity index (χ3n) is 5.66. The zero-order valence-electron chi connectivity index (χ0n) is 17.2. The molecule has 3 heteroatoms. The van der Waals surface area contributed by atoms with E-state index in [1.165, 1.54) is 11.1 Å². The summed E-state index contributed by atoms with van der Waals surface area (Å²) in [6.45, 7) is 6.77. The summed E-state index contributed by atoms with van der Waals surface area (Å²) in [6, 6.07) is 20.7. The third-order valence-corrected chi connectivity index (χ3v) is 5.66. The Morgan fingerprint density at radius 2 is 1.64 bits per heavy atom. The van der Waals surface area contributed by atoms with E-state index in [1.807, 2.05) is 35.2 Å². The van der Waals surface area contributed by atoms with Crippen molar-refractivity contribution in [3.05, 3.63) is 83.4 Å². The van der Waals surface area contributed by atoms with Crippen LogP contribution < -0.4 is 0 Å². The summed E-state index contributed by atoms with van der Waals surface area (Å²) in [5.41, 5.74) is 3.68. The van der Waals surface area contributed by atoms with Crippen molar-refractivity contribution in [3.8, 4) is 0 Å². The van der Waals surface area contributed by atoms with Crippen molar-refractivity contribution >= 4 is 6.09 Å². The van der Waals surface area contributed by atoms with Crippen LogP contribution in [0.15, 0.2) is 72.3 Å². The van der Waals surface area contributed by atoms with Crippen molar-refractivity contribution in [1.29, 1.82) is 0 Å². The molecule has 3 nitrogen and oxygen atoms in total. The fourth-order valence-corrected chi connectivity index (χ4v) is 3.80. The molecule has 1 amide bonds. The zero-order chi connectivity index (χ0) is 20.0. The smallest absolute Gasteiger partial charge is 0.410 e. The van der Waals surface area contributed by atoms with Gasteiger partial charge in [0.1, 0.15) is 6.61 Å². The predicted octanol–water partition coefficient (Wildman–Crippen LogP) is 6.15. The number of ether oxygens (including phenoxy) is 1. The van der Waals surface area contributed by atoms with Crippen LogP contribution in [0, 0.1) is 0 Å². The van der Waals surface area contributed by atoms with E-state index in [9.17, 15) is 4.79 Å². The Bertz CT molecular complexity index is 796. The maximum atomic E-state index is 12.5. The van der Waals surface area contributed by atoms with Crippen LogP contribution >= 0.6 is 0 Å². The standard InChI is InChI=1S/C25H31NO2/c1-20(11-10-16-21-12-6-4-7-13-21)17-18-23-25(2,3)26(23)24(27)28-19-22-14-8-5-9-15-22/h4-9,11-15,23H,10,16-19H2,1-3H3/t23-,26?/m1/s1. The van der Waals surface area contributed by atoms with Gasteiger partial charge in [-0.25, -0.2) is 4.79 Å². The van der Waals surface area contributed by atoms with Gasteiger partial charge in [-0.05, 0) is 57.6 Å². The van der Waals surface area contributed by atoms with Crippen molar-refractivity contribution in [2.24, 2.45) is 0 Å². The molecule has 1 heterocycles. The van der Waals surface area contributed by atoms with E-state index >= 15 is 0 Å². The largest absolute Gasteiger partial charge is 0.445 e. The van der Waals surface area contributed by atoms with E-state index in [1.54, 1.807) is 0 Å². The molecule has 0 bridgehead atoms. The van der Waals surface area contributed by atoms with Crippen LogP contribution in [0.2, 0.25) is 0 Å². The predicted molar refractivity (Wildman–Crippen MR) is 114 cm³/mol. The highest BCUT2D eigenvalue weighted by molar-refractivity contribution is 5.73. The van der Waals surface area contributed by atoms with Gasteiger partial charge in [0.15, 0.2) is 0 Å². The number of nitrogens with zero attached hydrogens (tertiary/aromatic N) is 1. The summed E-state index contributed by atoms with van der Waals surface area (Å²) in [6.07, 6.45) is 6.27. The molecule has 1 aliphatic rings. The number of benzene rings is 2. The minimum absolute atomic E-state index is 0.113. The van der Waals surface area contributed by atoms with Gasteiger partial charge >= 0.3 is 6.09 Å². The third kappa shape index (κ3) is 5.25. The van der Waals surface area contributed by atoms with Crippen molar-refractivity contribution in [2.75, 3.05) is 0 Å². The Morgan fingerprint density at radius 3 is 2.29 bits per heavy atom. The molecule has 0 saturated carbocycles. The summed E-state index contributed by atoms with van der Waals surface area (Å²) in [7, 11) is 0. The number of allylic oxidation sites excluding steroid dienone is 2. The van der Waals surface area contributed by atoms with Crippen molar-refractivity contribution in [2.45, 2.75) is 64.6 Å². The van der Waals surface area contributed by atoms with E-state index in [4.69, 9.17) is 4.74 Å². The van der Waals surface area contributed by atoms with E-state index < -0.39 is 0 Å². The maximum absolute atomic E-state index is 12.5. The lowest BCUT2D eigenvalue weighted by Gasteiger charge is -2.08. The second-order valence-corrected chi connectivity index (χ2v) is 8.19. The molecule has 1 aliphatic heterocycles. The fraction of sp³-hybridized carbons (Fsp3) is 0.400. The second-order valence-electron chi connectivity index (χ2n) is 8.19. The van der Waals surface area contributed by atoms with Gasteiger partial charge in [-0.15, -0.1) is 0 Å². The first-order chi connectivity index (χ1) is 13.5. The highest BCUT2D eigenvalue weighted by atomic mass is 16.6. The lowest BCUT2D eigenvalue weighted by molar-refractivity contribution is 0.117. The van der Waals surface area contributed by atoms with E-state index in [0.717, 1.165) is 31.2 Å². The lowest BCUT2D eigenvalue weighted by Crippen LogP contribution is -2.19. The molecule has 3 rings (SSSR count). The molecule has 1 fully saturated rings.